The van der Waals surface area contributed by atoms with Crippen molar-refractivity contribution in [2.45, 2.75) is 13.8 Å². The Bertz CT molecular complexity index is 300. The second-order valence-corrected chi connectivity index (χ2v) is 2.39. The van der Waals surface area contributed by atoms with Crippen LogP contribution >= 0.6 is 0 Å². The van der Waals surface area contributed by atoms with E-state index in [2.05, 4.69) is 6.58 Å². The van der Waals surface area contributed by atoms with Gasteiger partial charge in [-0.25, -0.2) is 0 Å². The lowest BCUT2D eigenvalue weighted by Gasteiger charge is -1.91. The van der Waals surface area contributed by atoms with Gasteiger partial charge in [0.2, 0.25) is 0 Å². The molecule has 0 aromatic rings. The van der Waals surface area contributed by atoms with E-state index >= 15 is 0 Å². The minimum absolute atomic E-state index is 0.0533. The van der Waals surface area contributed by atoms with E-state index in [1.807, 2.05) is 0 Å². The van der Waals surface area contributed by atoms with Gasteiger partial charge in [-0.15, -0.1) is 0 Å². The summed E-state index contributed by atoms with van der Waals surface area (Å²) in [5, 5.41) is 10.3. The van der Waals surface area contributed by atoms with Crippen molar-refractivity contribution in [2.24, 2.45) is 0 Å². The van der Waals surface area contributed by atoms with Gasteiger partial charge in [0.15, 0.2) is 5.78 Å². The number of rotatable bonds is 4. The van der Waals surface area contributed by atoms with Crippen LogP contribution in [0, 0.1) is 10.1 Å². The molecule has 13 heavy (non-hydrogen) atoms. The number of carbonyl (C=O) groups is 1. The molecule has 0 unspecified atom stereocenters. The van der Waals surface area contributed by atoms with Crippen molar-refractivity contribution in [2.75, 3.05) is 0 Å². The first kappa shape index (κ1) is 11.3. The van der Waals surface area contributed by atoms with Gasteiger partial charge in [-0.05, 0) is 26.0 Å². The topological polar surface area (TPSA) is 60.2 Å². The maximum Gasteiger partial charge on any atom is 0.265 e. The van der Waals surface area contributed by atoms with E-state index in [4.69, 9.17) is 0 Å². The molecular weight excluding hydrogens is 170 g/mol. The minimum Gasteiger partial charge on any atom is -0.295 e. The van der Waals surface area contributed by atoms with Gasteiger partial charge in [0.25, 0.3) is 5.70 Å². The standard InChI is InChI=1S/C9H11NO3/c1-4-9(10(12)13)6-5-7(2)8(3)11/h4-6H,2H2,1,3H3/b6-5-,9-4+. The van der Waals surface area contributed by atoms with Crippen molar-refractivity contribution in [1.82, 2.24) is 0 Å². The van der Waals surface area contributed by atoms with Crippen LogP contribution in [0.3, 0.4) is 0 Å². The molecule has 0 aromatic carbocycles. The summed E-state index contributed by atoms with van der Waals surface area (Å²) >= 11 is 0. The summed E-state index contributed by atoms with van der Waals surface area (Å²) in [6, 6.07) is 0. The molecule has 0 spiro atoms. The first-order chi connectivity index (χ1) is 5.99. The fourth-order valence-corrected chi connectivity index (χ4v) is 0.566. The average molecular weight is 181 g/mol. The highest BCUT2D eigenvalue weighted by atomic mass is 16.6. The van der Waals surface area contributed by atoms with Crippen LogP contribution in [0.15, 0.2) is 36.1 Å². The molecule has 0 aliphatic carbocycles. The Kier molecular flexibility index (Phi) is 4.37. The number of nitro groups is 1. The summed E-state index contributed by atoms with van der Waals surface area (Å²) in [4.78, 5) is 20.4. The summed E-state index contributed by atoms with van der Waals surface area (Å²) in [5.74, 6) is -0.199. The Morgan fingerprint density at radius 3 is 2.31 bits per heavy atom. The normalized spacial score (nSPS) is 11.7. The van der Waals surface area contributed by atoms with Crippen LogP contribution in [-0.2, 0) is 4.79 Å². The molecule has 0 N–H and O–H groups in total. The molecule has 0 fully saturated rings. The Labute approximate surface area is 76.4 Å². The zero-order valence-electron chi connectivity index (χ0n) is 7.61. The number of carbonyl (C=O) groups excluding carboxylic acids is 1. The molecule has 0 bridgehead atoms. The number of Topliss-reactive ketones (excluding diaryl/α,β-unsaturated/α-hetero) is 1. The lowest BCUT2D eigenvalue weighted by molar-refractivity contribution is -0.419. The van der Waals surface area contributed by atoms with Crippen molar-refractivity contribution < 1.29 is 9.72 Å². The molecule has 4 nitrogen and oxygen atoms in total. The largest absolute Gasteiger partial charge is 0.295 e. The Morgan fingerprint density at radius 2 is 2.00 bits per heavy atom. The maximum absolute atomic E-state index is 10.7. The molecule has 0 aliphatic heterocycles. The molecule has 0 rings (SSSR count). The van der Waals surface area contributed by atoms with E-state index in [9.17, 15) is 14.9 Å². The quantitative estimate of drug-likeness (QED) is 0.288. The molecular formula is C9H11NO3. The van der Waals surface area contributed by atoms with Crippen LogP contribution in [0.1, 0.15) is 13.8 Å². The van der Waals surface area contributed by atoms with Gasteiger partial charge in [0.1, 0.15) is 0 Å². The number of hydrogen-bond acceptors (Lipinski definition) is 3. The van der Waals surface area contributed by atoms with Crippen LogP contribution in [0.5, 0.6) is 0 Å². The molecule has 0 aliphatic rings. The average Bonchev–Trinajstić information content (AvgIpc) is 2.04. The molecule has 0 radical (unpaired) electrons. The summed E-state index contributed by atoms with van der Waals surface area (Å²) in [5.41, 5.74) is 0.198. The molecule has 0 saturated heterocycles. The van der Waals surface area contributed by atoms with Crippen molar-refractivity contribution in [3.8, 4) is 0 Å². The van der Waals surface area contributed by atoms with Gasteiger partial charge in [-0.2, -0.15) is 0 Å². The van der Waals surface area contributed by atoms with Crippen molar-refractivity contribution in [3.63, 3.8) is 0 Å². The molecule has 0 aromatic heterocycles. The highest BCUT2D eigenvalue weighted by molar-refractivity contribution is 5.95. The first-order valence-corrected chi connectivity index (χ1v) is 3.67. The van der Waals surface area contributed by atoms with Crippen molar-refractivity contribution >= 4 is 5.78 Å². The molecule has 0 saturated carbocycles. The third-order valence-electron chi connectivity index (χ3n) is 1.41. The molecule has 70 valence electrons. The van der Waals surface area contributed by atoms with Gasteiger partial charge >= 0.3 is 0 Å². The predicted molar refractivity (Wildman–Crippen MR) is 49.7 cm³/mol. The Hall–Kier alpha value is -1.71. The van der Waals surface area contributed by atoms with Crippen molar-refractivity contribution in [3.05, 3.63) is 46.2 Å². The fourth-order valence-electron chi connectivity index (χ4n) is 0.566. The van der Waals surface area contributed by atoms with Crippen molar-refractivity contribution in [1.29, 1.82) is 0 Å². The number of allylic oxidation sites excluding steroid dienone is 4. The van der Waals surface area contributed by atoms with Crippen LogP contribution in [0.25, 0.3) is 0 Å². The molecule has 0 heterocycles. The lowest BCUT2D eigenvalue weighted by atomic mass is 10.2. The first-order valence-electron chi connectivity index (χ1n) is 3.67. The zero-order chi connectivity index (χ0) is 10.4. The van der Waals surface area contributed by atoms with Crippen LogP contribution in [0.4, 0.5) is 0 Å². The molecule has 0 atom stereocenters. The third kappa shape index (κ3) is 4.00. The second kappa shape index (κ2) is 5.03. The SMILES string of the molecule is C=C(/C=C\C(=C/C)[N+](=O)[O-])C(C)=O. The smallest absolute Gasteiger partial charge is 0.265 e. The summed E-state index contributed by atoms with van der Waals surface area (Å²) in [6.45, 7) is 6.34. The summed E-state index contributed by atoms with van der Waals surface area (Å²) < 4.78 is 0. The van der Waals surface area contributed by atoms with E-state index in [0.29, 0.717) is 0 Å². The monoisotopic (exact) mass is 181 g/mol. The Morgan fingerprint density at radius 1 is 1.46 bits per heavy atom. The van der Waals surface area contributed by atoms with E-state index in [1.54, 1.807) is 6.92 Å². The molecule has 0 amide bonds. The van der Waals surface area contributed by atoms with E-state index in [0.717, 1.165) is 0 Å². The molecule has 4 heteroatoms. The minimum atomic E-state index is -0.524. The highest BCUT2D eigenvalue weighted by Gasteiger charge is 2.03. The van der Waals surface area contributed by atoms with Gasteiger partial charge in [-0.3, -0.25) is 14.9 Å². The maximum atomic E-state index is 10.7. The van der Waals surface area contributed by atoms with Gasteiger partial charge in [-0.1, -0.05) is 6.58 Å². The van der Waals surface area contributed by atoms with E-state index in [1.165, 1.54) is 25.2 Å². The number of ketones is 1. The third-order valence-corrected chi connectivity index (χ3v) is 1.41. The Balaban J connectivity index is 4.51. The zero-order valence-corrected chi connectivity index (χ0v) is 7.61. The van der Waals surface area contributed by atoms with Gasteiger partial charge in [0.05, 0.1) is 4.92 Å². The van der Waals surface area contributed by atoms with Crippen LogP contribution in [-0.4, -0.2) is 10.7 Å². The summed E-state index contributed by atoms with van der Waals surface area (Å²) in [7, 11) is 0. The lowest BCUT2D eigenvalue weighted by Crippen LogP contribution is -1.96. The predicted octanol–water partition coefficient (Wildman–Crippen LogP) is 1.87. The number of hydrogen-bond donors (Lipinski definition) is 0. The van der Waals surface area contributed by atoms with Gasteiger partial charge < -0.3 is 0 Å². The van der Waals surface area contributed by atoms with Gasteiger partial charge in [0, 0.05) is 11.6 Å². The van der Waals surface area contributed by atoms with Crippen LogP contribution in [0.2, 0.25) is 0 Å². The summed E-state index contributed by atoms with van der Waals surface area (Å²) in [6.07, 6.45) is 3.94. The van der Waals surface area contributed by atoms with Crippen LogP contribution < -0.4 is 0 Å². The fraction of sp³-hybridized carbons (Fsp3) is 0.222. The second-order valence-electron chi connectivity index (χ2n) is 2.39. The number of nitrogens with zero attached hydrogens (tertiary/aromatic N) is 1. The van der Waals surface area contributed by atoms with E-state index in [-0.39, 0.29) is 17.1 Å². The highest BCUT2D eigenvalue weighted by Crippen LogP contribution is 2.01. The van der Waals surface area contributed by atoms with E-state index < -0.39 is 4.92 Å².